The molecule has 4 atom stereocenters. The lowest BCUT2D eigenvalue weighted by atomic mass is 9.85. The number of carboxylic acids is 1. The molecule has 3 aromatic rings. The molecule has 6 rings (SSSR count). The van der Waals surface area contributed by atoms with Crippen LogP contribution in [0.3, 0.4) is 0 Å². The second kappa shape index (κ2) is 22.8. The van der Waals surface area contributed by atoms with E-state index in [1.165, 1.54) is 11.8 Å². The summed E-state index contributed by atoms with van der Waals surface area (Å²) in [6, 6.07) is 5.38. The van der Waals surface area contributed by atoms with E-state index in [0.717, 1.165) is 22.0 Å². The number of aliphatic carboxylic acids is 1. The number of esters is 2. The fourth-order valence-corrected chi connectivity index (χ4v) is 8.69. The van der Waals surface area contributed by atoms with E-state index in [1.807, 2.05) is 31.2 Å². The van der Waals surface area contributed by atoms with Crippen LogP contribution in [-0.2, 0) is 82.4 Å². The number of ether oxygens (including phenoxy) is 6. The highest BCUT2D eigenvalue weighted by Crippen LogP contribution is 2.42. The number of aromatic nitrogens is 2. The van der Waals surface area contributed by atoms with Gasteiger partial charge in [-0.2, -0.15) is 0 Å². The molecule has 0 radical (unpaired) electrons. The fourth-order valence-electron chi connectivity index (χ4n) is 8.69. The molecule has 3 aliphatic rings. The van der Waals surface area contributed by atoms with Crippen molar-refractivity contribution in [2.75, 3.05) is 52.7 Å². The van der Waals surface area contributed by atoms with Gasteiger partial charge in [0.1, 0.15) is 30.3 Å². The number of amides is 4. The highest BCUT2D eigenvalue weighted by Gasteiger charge is 2.51. The Hall–Kier alpha value is -6.45. The van der Waals surface area contributed by atoms with E-state index in [0.29, 0.717) is 24.2 Å². The first kappa shape index (κ1) is 51.9. The maximum atomic E-state index is 14.1. The lowest BCUT2D eigenvalue weighted by molar-refractivity contribution is -0.190. The molecule has 0 saturated carbocycles. The van der Waals surface area contributed by atoms with Gasteiger partial charge in [-0.15, -0.1) is 0 Å². The molecule has 1 saturated heterocycles. The third-order valence-corrected chi connectivity index (χ3v) is 12.0. The number of pyridine rings is 2. The summed E-state index contributed by atoms with van der Waals surface area (Å²) in [5.41, 5.74) is 1.04. The summed E-state index contributed by atoms with van der Waals surface area (Å²) in [7, 11) is 0. The Morgan fingerprint density at radius 3 is 2.33 bits per heavy atom. The quantitative estimate of drug-likeness (QED) is 0.0501. The number of likely N-dealkylation sites (tertiary alicyclic amines) is 1. The first-order valence-electron chi connectivity index (χ1n) is 23.3. The smallest absolute Gasteiger partial charge is 0.407 e. The summed E-state index contributed by atoms with van der Waals surface area (Å²) in [5.74, 6) is -5.44. The van der Waals surface area contributed by atoms with Crippen LogP contribution in [0.25, 0.3) is 22.3 Å². The molecule has 1 fully saturated rings. The number of rotatable bonds is 22. The summed E-state index contributed by atoms with van der Waals surface area (Å²) in [6.07, 6.45) is -0.354. The summed E-state index contributed by atoms with van der Waals surface area (Å²) < 4.78 is 34.5. The first-order valence-corrected chi connectivity index (χ1v) is 23.3. The second-order valence-electron chi connectivity index (χ2n) is 17.9. The number of nitrogens with zero attached hydrogens (tertiary/aromatic N) is 3. The van der Waals surface area contributed by atoms with E-state index >= 15 is 0 Å². The van der Waals surface area contributed by atoms with Crippen LogP contribution in [0.5, 0.6) is 0 Å². The predicted molar refractivity (Wildman–Crippen MR) is 246 cm³/mol. The highest BCUT2D eigenvalue weighted by molar-refractivity contribution is 5.96. The van der Waals surface area contributed by atoms with Crippen LogP contribution >= 0.6 is 0 Å². The van der Waals surface area contributed by atoms with Crippen molar-refractivity contribution >= 4 is 52.6 Å². The van der Waals surface area contributed by atoms with E-state index < -0.39 is 83.0 Å². The molecule has 0 spiro atoms. The van der Waals surface area contributed by atoms with Gasteiger partial charge in [-0.25, -0.2) is 19.4 Å². The Morgan fingerprint density at radius 1 is 0.957 bits per heavy atom. The van der Waals surface area contributed by atoms with Crippen LogP contribution in [0.15, 0.2) is 35.1 Å². The van der Waals surface area contributed by atoms with E-state index in [-0.39, 0.29) is 96.3 Å². The van der Waals surface area contributed by atoms with Gasteiger partial charge >= 0.3 is 24.0 Å². The van der Waals surface area contributed by atoms with Gasteiger partial charge in [0.15, 0.2) is 0 Å². The van der Waals surface area contributed by atoms with Crippen molar-refractivity contribution in [1.82, 2.24) is 30.4 Å². The molecule has 4 amide bonds. The van der Waals surface area contributed by atoms with E-state index in [4.69, 9.17) is 33.4 Å². The Bertz CT molecular complexity index is 2500. The lowest BCUT2D eigenvalue weighted by Crippen LogP contribution is -2.56. The van der Waals surface area contributed by atoms with Crippen molar-refractivity contribution < 1.29 is 67.1 Å². The molecular formula is C48H62N6O15. The van der Waals surface area contributed by atoms with Gasteiger partial charge in [0.2, 0.25) is 23.3 Å². The Morgan fingerprint density at radius 2 is 1.65 bits per heavy atom. The molecule has 2 aromatic heterocycles. The zero-order chi connectivity index (χ0) is 50.0. The number of fused-ring (bicyclic) bond motifs is 5. The lowest BCUT2D eigenvalue weighted by Gasteiger charge is -2.36. The minimum absolute atomic E-state index is 0.0526. The first-order chi connectivity index (χ1) is 32.9. The van der Waals surface area contributed by atoms with Gasteiger partial charge in [-0.05, 0) is 71.1 Å². The molecule has 4 N–H and O–H groups in total. The molecule has 69 heavy (non-hydrogen) atoms. The number of cyclic esters (lactones) is 1. The van der Waals surface area contributed by atoms with E-state index in [1.54, 1.807) is 38.3 Å². The maximum absolute atomic E-state index is 14.1. The summed E-state index contributed by atoms with van der Waals surface area (Å²) in [6.45, 7) is 11.7. The fraction of sp³-hybridized carbons (Fsp3) is 0.562. The molecule has 21 nitrogen and oxygen atoms in total. The van der Waals surface area contributed by atoms with Gasteiger partial charge < -0.3 is 58.9 Å². The van der Waals surface area contributed by atoms with Gasteiger partial charge in [0, 0.05) is 36.0 Å². The molecule has 21 heteroatoms. The Kier molecular flexibility index (Phi) is 17.1. The number of carbonyl (C=O) groups is 7. The molecule has 5 heterocycles. The van der Waals surface area contributed by atoms with Gasteiger partial charge in [-0.3, -0.25) is 24.0 Å². The van der Waals surface area contributed by atoms with E-state index in [9.17, 15) is 43.5 Å². The number of aryl methyl sites for hydroxylation is 1. The molecule has 1 aromatic carbocycles. The van der Waals surface area contributed by atoms with Gasteiger partial charge in [0.05, 0.1) is 75.1 Å². The maximum Gasteiger partial charge on any atom is 0.407 e. The van der Waals surface area contributed by atoms with Crippen LogP contribution in [-0.4, -0.2) is 138 Å². The van der Waals surface area contributed by atoms with Gasteiger partial charge in [-0.1, -0.05) is 32.0 Å². The van der Waals surface area contributed by atoms with E-state index in [2.05, 4.69) is 16.0 Å². The number of alkyl carbamates (subject to hydrolysis) is 1. The number of hydrogen-bond donors (Lipinski definition) is 4. The summed E-state index contributed by atoms with van der Waals surface area (Å²) in [5, 5.41) is 18.2. The van der Waals surface area contributed by atoms with Crippen molar-refractivity contribution in [3.63, 3.8) is 0 Å². The normalized spacial score (nSPS) is 18.0. The molecular weight excluding hydrogens is 901 g/mol. The summed E-state index contributed by atoms with van der Waals surface area (Å²) >= 11 is 0. The van der Waals surface area contributed by atoms with Crippen molar-refractivity contribution in [3.05, 3.63) is 62.9 Å². The molecule has 0 aliphatic carbocycles. The number of hydrogen-bond acceptors (Lipinski definition) is 15. The Labute approximate surface area is 398 Å². The minimum atomic E-state index is -2.04. The third kappa shape index (κ3) is 12.2. The van der Waals surface area contributed by atoms with Crippen LogP contribution < -0.4 is 21.5 Å². The van der Waals surface area contributed by atoms with Crippen molar-refractivity contribution in [1.29, 1.82) is 0 Å². The molecule has 0 unspecified atom stereocenters. The van der Waals surface area contributed by atoms with Crippen LogP contribution in [0.4, 0.5) is 4.79 Å². The predicted octanol–water partition coefficient (Wildman–Crippen LogP) is 2.61. The number of carboxylic acid groups (broad SMARTS) is 1. The highest BCUT2D eigenvalue weighted by atomic mass is 16.6. The number of benzene rings is 1. The zero-order valence-corrected chi connectivity index (χ0v) is 39.9. The van der Waals surface area contributed by atoms with Crippen LogP contribution in [0, 0.1) is 0 Å². The van der Waals surface area contributed by atoms with Crippen LogP contribution in [0.2, 0.25) is 0 Å². The van der Waals surface area contributed by atoms with Crippen molar-refractivity contribution in [2.24, 2.45) is 0 Å². The van der Waals surface area contributed by atoms with Gasteiger partial charge in [0.25, 0.3) is 5.56 Å². The average Bonchev–Trinajstić information content (AvgIpc) is 3.94. The third-order valence-electron chi connectivity index (χ3n) is 12.0. The standard InChI is InChI=1S/C48H62N6O15/c1-7-29-30-12-9-10-13-34(30)52-40-31(29)26-54-37(40)24-33-32(42(54)59)27-67-45(62)48(33,8-2)68-44(61)28(3)50-41(58)36-14-11-17-53(36)43(60)35(25-39(56)57)51-38(55)15-18-64-20-22-66-23-21-65-19-16-49-46(63)69-47(4,5)6/h9-10,12-13,24,28,35-36H,7-8,11,14-23,25-27H2,1-6H3,(H,49,63)(H,50,58)(H,51,55)(H,56,57)/t28-,35-,36-,48-/m0/s1. The summed E-state index contributed by atoms with van der Waals surface area (Å²) in [4.78, 5) is 112. The Balaban J connectivity index is 1.01. The number of para-hydroxylation sites is 1. The topological polar surface area (TPSA) is 269 Å². The monoisotopic (exact) mass is 962 g/mol. The van der Waals surface area contributed by atoms with Crippen LogP contribution in [0.1, 0.15) is 95.9 Å². The minimum Gasteiger partial charge on any atom is -0.481 e. The SMILES string of the molecule is CCc1c2c(nc3ccccc13)-c1cc3c(c(=O)n1C2)COC(=O)[C@@]3(CC)OC(=O)[C@H](C)NC(=O)[C@@H]1CCCN1C(=O)[C@H](CC(=O)O)NC(=O)CCOCCOCCOCCNC(=O)OC(C)(C)C. The number of carbonyl (C=O) groups excluding carboxylic acids is 6. The molecule has 0 bridgehead atoms. The largest absolute Gasteiger partial charge is 0.481 e. The molecule has 3 aliphatic heterocycles. The second-order valence-corrected chi connectivity index (χ2v) is 17.9. The average molecular weight is 963 g/mol. The number of nitrogens with one attached hydrogen (secondary N) is 3. The molecule has 374 valence electrons. The van der Waals surface area contributed by atoms with Crippen molar-refractivity contribution in [2.45, 2.75) is 123 Å². The van der Waals surface area contributed by atoms with Crippen molar-refractivity contribution in [3.8, 4) is 11.4 Å². The zero-order valence-electron chi connectivity index (χ0n) is 39.9.